The lowest BCUT2D eigenvalue weighted by atomic mass is 10.2. The molecule has 0 bridgehead atoms. The van der Waals surface area contributed by atoms with E-state index in [0.29, 0.717) is 27.6 Å². The molecule has 1 N–H and O–H groups in total. The summed E-state index contributed by atoms with van der Waals surface area (Å²) in [6.07, 6.45) is 2.91. The second-order valence-corrected chi connectivity index (χ2v) is 6.32. The number of ether oxygens (including phenoxy) is 3. The molecule has 27 heavy (non-hydrogen) atoms. The van der Waals surface area contributed by atoms with E-state index in [-0.39, 0.29) is 0 Å². The van der Waals surface area contributed by atoms with Crippen molar-refractivity contribution in [1.29, 1.82) is 0 Å². The number of rotatable bonds is 6. The quantitative estimate of drug-likeness (QED) is 0.462. The van der Waals surface area contributed by atoms with Gasteiger partial charge in [-0.25, -0.2) is 4.79 Å². The first-order valence-corrected chi connectivity index (χ1v) is 8.75. The first-order chi connectivity index (χ1) is 12.8. The summed E-state index contributed by atoms with van der Waals surface area (Å²) in [6, 6.07) is 4.90. The maximum Gasteiger partial charge on any atom is 0.350 e. The van der Waals surface area contributed by atoms with E-state index in [4.69, 9.17) is 14.2 Å². The van der Waals surface area contributed by atoms with Crippen molar-refractivity contribution in [3.63, 3.8) is 0 Å². The third kappa shape index (κ3) is 5.18. The van der Waals surface area contributed by atoms with Gasteiger partial charge in [-0.3, -0.25) is 9.59 Å². The van der Waals surface area contributed by atoms with Gasteiger partial charge in [0.15, 0.2) is 11.5 Å². The molecule has 1 heterocycles. The summed E-state index contributed by atoms with van der Waals surface area (Å²) in [6.45, 7) is 3.09. The Kier molecular flexibility index (Phi) is 6.73. The minimum absolute atomic E-state index is 0.295. The number of methoxy groups -OCH3 is 2. The zero-order valence-electron chi connectivity index (χ0n) is 15.3. The number of esters is 2. The summed E-state index contributed by atoms with van der Waals surface area (Å²) < 4.78 is 14.9. The molecule has 0 radical (unpaired) electrons. The third-order valence-electron chi connectivity index (χ3n) is 3.46. The van der Waals surface area contributed by atoms with Gasteiger partial charge in [0.1, 0.15) is 4.88 Å². The number of benzene rings is 1. The van der Waals surface area contributed by atoms with E-state index in [1.54, 1.807) is 36.6 Å². The number of nitrogens with one attached hydrogen (secondary N) is 1. The van der Waals surface area contributed by atoms with Gasteiger partial charge < -0.3 is 19.5 Å². The Morgan fingerprint density at radius 1 is 1.15 bits per heavy atom. The highest BCUT2D eigenvalue weighted by molar-refractivity contribution is 7.12. The molecule has 1 aromatic heterocycles. The molecule has 0 aliphatic carbocycles. The second-order valence-electron chi connectivity index (χ2n) is 5.44. The molecule has 2 rings (SSSR count). The van der Waals surface area contributed by atoms with E-state index in [1.807, 2.05) is 0 Å². The van der Waals surface area contributed by atoms with Crippen molar-refractivity contribution in [2.24, 2.45) is 0 Å². The molecule has 1 aromatic carbocycles. The molecule has 0 saturated carbocycles. The van der Waals surface area contributed by atoms with Crippen molar-refractivity contribution in [2.45, 2.75) is 13.8 Å². The van der Waals surface area contributed by atoms with Crippen molar-refractivity contribution in [3.05, 3.63) is 45.7 Å². The molecule has 0 aliphatic rings. The Labute approximate surface area is 160 Å². The summed E-state index contributed by atoms with van der Waals surface area (Å²) in [5.41, 5.74) is 1.88. The van der Waals surface area contributed by atoms with Crippen LogP contribution in [0.3, 0.4) is 0 Å². The smallest absolute Gasteiger partial charge is 0.350 e. The van der Waals surface area contributed by atoms with Crippen LogP contribution < -0.4 is 14.8 Å². The van der Waals surface area contributed by atoms with E-state index in [0.717, 1.165) is 5.56 Å². The Morgan fingerprint density at radius 3 is 2.52 bits per heavy atom. The van der Waals surface area contributed by atoms with Crippen molar-refractivity contribution < 1.29 is 28.6 Å². The number of carbonyl (C=O) groups is 3. The van der Waals surface area contributed by atoms with Crippen LogP contribution in [0.1, 0.15) is 27.7 Å². The van der Waals surface area contributed by atoms with E-state index in [1.165, 1.54) is 38.6 Å². The van der Waals surface area contributed by atoms with Crippen LogP contribution in [0.25, 0.3) is 6.08 Å². The third-order valence-corrected chi connectivity index (χ3v) is 4.54. The normalized spacial score (nSPS) is 10.5. The number of hydrogen-bond donors (Lipinski definition) is 1. The number of aryl methyl sites for hydroxylation is 1. The number of hydrogen-bond acceptors (Lipinski definition) is 7. The SMILES string of the molecule is COC(=O)c1scc(C)c1NC(=O)/C=C/c1ccc(OC(C)=O)c(OC)c1. The van der Waals surface area contributed by atoms with Crippen LogP contribution in [0.5, 0.6) is 11.5 Å². The van der Waals surface area contributed by atoms with Crippen molar-refractivity contribution in [1.82, 2.24) is 0 Å². The van der Waals surface area contributed by atoms with Crippen molar-refractivity contribution in [3.8, 4) is 11.5 Å². The van der Waals surface area contributed by atoms with Crippen molar-refractivity contribution in [2.75, 3.05) is 19.5 Å². The minimum atomic E-state index is -0.502. The number of amides is 1. The maximum absolute atomic E-state index is 12.2. The molecule has 0 unspecified atom stereocenters. The molecule has 0 aliphatic heterocycles. The van der Waals surface area contributed by atoms with Gasteiger partial charge in [-0.2, -0.15) is 0 Å². The zero-order valence-corrected chi connectivity index (χ0v) is 16.1. The van der Waals surface area contributed by atoms with Crippen LogP contribution in [-0.4, -0.2) is 32.1 Å². The fourth-order valence-electron chi connectivity index (χ4n) is 2.21. The van der Waals surface area contributed by atoms with E-state index in [9.17, 15) is 14.4 Å². The van der Waals surface area contributed by atoms with Gasteiger partial charge in [0.25, 0.3) is 0 Å². The highest BCUT2D eigenvalue weighted by Gasteiger charge is 2.17. The topological polar surface area (TPSA) is 90.9 Å². The van der Waals surface area contributed by atoms with Gasteiger partial charge in [-0.05, 0) is 41.6 Å². The summed E-state index contributed by atoms with van der Waals surface area (Å²) in [4.78, 5) is 35.4. The van der Waals surface area contributed by atoms with Gasteiger partial charge in [-0.15, -0.1) is 11.3 Å². The van der Waals surface area contributed by atoms with Crippen LogP contribution in [0.4, 0.5) is 5.69 Å². The van der Waals surface area contributed by atoms with Gasteiger partial charge in [0.05, 0.1) is 19.9 Å². The minimum Gasteiger partial charge on any atom is -0.493 e. The monoisotopic (exact) mass is 389 g/mol. The molecule has 0 saturated heterocycles. The Balaban J connectivity index is 2.15. The summed E-state index contributed by atoms with van der Waals surface area (Å²) in [7, 11) is 2.74. The van der Waals surface area contributed by atoms with Gasteiger partial charge >= 0.3 is 11.9 Å². The predicted molar refractivity (Wildman–Crippen MR) is 102 cm³/mol. The van der Waals surface area contributed by atoms with Crippen LogP contribution in [0, 0.1) is 6.92 Å². The molecule has 142 valence electrons. The summed E-state index contributed by atoms with van der Waals surface area (Å²) in [5.74, 6) is -0.691. The van der Waals surface area contributed by atoms with Gasteiger partial charge in [-0.1, -0.05) is 6.07 Å². The van der Waals surface area contributed by atoms with Crippen LogP contribution in [0.15, 0.2) is 29.7 Å². The molecular weight excluding hydrogens is 370 g/mol. The lowest BCUT2D eigenvalue weighted by Gasteiger charge is -2.08. The van der Waals surface area contributed by atoms with Crippen LogP contribution in [-0.2, 0) is 14.3 Å². The second kappa shape index (κ2) is 9.00. The van der Waals surface area contributed by atoms with Crippen LogP contribution in [0.2, 0.25) is 0 Å². The number of thiophene rings is 1. The Bertz CT molecular complexity index is 900. The van der Waals surface area contributed by atoms with Gasteiger partial charge in [0.2, 0.25) is 5.91 Å². The Hall–Kier alpha value is -3.13. The predicted octanol–water partition coefficient (Wildman–Crippen LogP) is 3.43. The molecule has 7 nitrogen and oxygen atoms in total. The number of carbonyl (C=O) groups excluding carboxylic acids is 3. The zero-order chi connectivity index (χ0) is 20.0. The average molecular weight is 389 g/mol. The first kappa shape index (κ1) is 20.2. The summed E-state index contributed by atoms with van der Waals surface area (Å²) in [5, 5.41) is 4.46. The lowest BCUT2D eigenvalue weighted by molar-refractivity contribution is -0.132. The highest BCUT2D eigenvalue weighted by atomic mass is 32.1. The average Bonchev–Trinajstić information content (AvgIpc) is 3.00. The molecule has 2 aromatic rings. The van der Waals surface area contributed by atoms with E-state index < -0.39 is 17.8 Å². The number of anilines is 1. The molecular formula is C19H19NO6S. The highest BCUT2D eigenvalue weighted by Crippen LogP contribution is 2.30. The molecule has 0 fully saturated rings. The first-order valence-electron chi connectivity index (χ1n) is 7.87. The fraction of sp³-hybridized carbons (Fsp3) is 0.211. The standard InChI is InChI=1S/C19H19NO6S/c1-11-10-27-18(19(23)25-4)17(11)20-16(22)8-6-13-5-7-14(26-12(2)21)15(9-13)24-3/h5-10H,1-4H3,(H,20,22)/b8-6+. The molecule has 0 spiro atoms. The van der Waals surface area contributed by atoms with E-state index >= 15 is 0 Å². The van der Waals surface area contributed by atoms with Gasteiger partial charge in [0, 0.05) is 13.0 Å². The lowest BCUT2D eigenvalue weighted by Crippen LogP contribution is -2.11. The Morgan fingerprint density at radius 2 is 1.89 bits per heavy atom. The van der Waals surface area contributed by atoms with Crippen molar-refractivity contribution >= 4 is 40.9 Å². The molecule has 0 atom stereocenters. The largest absolute Gasteiger partial charge is 0.493 e. The fourth-order valence-corrected chi connectivity index (χ4v) is 3.13. The van der Waals surface area contributed by atoms with Crippen LogP contribution >= 0.6 is 11.3 Å². The summed E-state index contributed by atoms with van der Waals surface area (Å²) >= 11 is 1.21. The van der Waals surface area contributed by atoms with E-state index in [2.05, 4.69) is 5.32 Å². The molecule has 8 heteroatoms. The molecule has 1 amide bonds. The maximum atomic E-state index is 12.2.